The second-order valence-corrected chi connectivity index (χ2v) is 3.94. The molecule has 0 unspecified atom stereocenters. The van der Waals surface area contributed by atoms with Crippen LogP contribution in [0.4, 0.5) is 11.4 Å². The molecule has 6 nitrogen and oxygen atoms in total. The lowest BCUT2D eigenvalue weighted by atomic mass is 10.2. The van der Waals surface area contributed by atoms with Crippen molar-refractivity contribution in [1.29, 1.82) is 0 Å². The number of carbonyl (C=O) groups excluding carboxylic acids is 1. The highest BCUT2D eigenvalue weighted by Gasteiger charge is 2.10. The molecule has 100 valence electrons. The van der Waals surface area contributed by atoms with Gasteiger partial charge in [-0.1, -0.05) is 0 Å². The highest BCUT2D eigenvalue weighted by atomic mass is 16.5. The van der Waals surface area contributed by atoms with E-state index in [1.165, 1.54) is 4.90 Å². The summed E-state index contributed by atoms with van der Waals surface area (Å²) in [6.45, 7) is 0.173. The molecule has 0 radical (unpaired) electrons. The Morgan fingerprint density at radius 2 is 1.83 bits per heavy atom. The lowest BCUT2D eigenvalue weighted by Gasteiger charge is -2.15. The van der Waals surface area contributed by atoms with Gasteiger partial charge in [0.2, 0.25) is 5.91 Å². The fraction of sp³-hybridized carbons (Fsp3) is 0.417. The lowest BCUT2D eigenvalue weighted by molar-refractivity contribution is -0.126. The number of amides is 1. The third-order valence-corrected chi connectivity index (χ3v) is 2.48. The van der Waals surface area contributed by atoms with Gasteiger partial charge < -0.3 is 25.4 Å². The van der Waals surface area contributed by atoms with Crippen molar-refractivity contribution < 1.29 is 14.3 Å². The van der Waals surface area contributed by atoms with E-state index < -0.39 is 0 Å². The van der Waals surface area contributed by atoms with Crippen LogP contribution >= 0.6 is 0 Å². The maximum atomic E-state index is 11.5. The number of nitrogens with one attached hydrogen (secondary N) is 1. The molecule has 1 aromatic carbocycles. The van der Waals surface area contributed by atoms with E-state index in [9.17, 15) is 4.79 Å². The van der Waals surface area contributed by atoms with Crippen LogP contribution in [0.2, 0.25) is 0 Å². The average molecular weight is 253 g/mol. The summed E-state index contributed by atoms with van der Waals surface area (Å²) >= 11 is 0. The van der Waals surface area contributed by atoms with E-state index in [2.05, 4.69) is 5.32 Å². The maximum absolute atomic E-state index is 11.5. The zero-order chi connectivity index (χ0) is 13.7. The molecule has 1 rings (SSSR count). The molecule has 0 saturated heterocycles. The van der Waals surface area contributed by atoms with Gasteiger partial charge >= 0.3 is 0 Å². The largest absolute Gasteiger partial charge is 0.493 e. The molecule has 6 heteroatoms. The number of anilines is 2. The number of methoxy groups -OCH3 is 2. The minimum absolute atomic E-state index is 0.0378. The van der Waals surface area contributed by atoms with E-state index in [0.29, 0.717) is 22.9 Å². The fourth-order valence-corrected chi connectivity index (χ4v) is 1.38. The Kier molecular flexibility index (Phi) is 4.65. The number of carbonyl (C=O) groups is 1. The van der Waals surface area contributed by atoms with E-state index in [-0.39, 0.29) is 12.5 Å². The highest BCUT2D eigenvalue weighted by molar-refractivity contribution is 5.82. The Hall–Kier alpha value is -2.11. The molecule has 0 spiro atoms. The molecule has 3 N–H and O–H groups in total. The van der Waals surface area contributed by atoms with Gasteiger partial charge in [0.1, 0.15) is 0 Å². The predicted molar refractivity (Wildman–Crippen MR) is 71.1 cm³/mol. The summed E-state index contributed by atoms with van der Waals surface area (Å²) in [5.41, 5.74) is 7.00. The summed E-state index contributed by atoms with van der Waals surface area (Å²) in [7, 11) is 6.48. The summed E-state index contributed by atoms with van der Waals surface area (Å²) in [5, 5.41) is 2.97. The third-order valence-electron chi connectivity index (χ3n) is 2.48. The molecule has 0 fully saturated rings. The van der Waals surface area contributed by atoms with Crippen LogP contribution in [0.5, 0.6) is 11.5 Å². The Balaban J connectivity index is 2.86. The predicted octanol–water partition coefficient (Wildman–Crippen LogP) is 0.786. The zero-order valence-corrected chi connectivity index (χ0v) is 11.1. The molecular formula is C12H19N3O3. The molecule has 1 aromatic rings. The molecule has 1 amide bonds. The molecule has 0 heterocycles. The van der Waals surface area contributed by atoms with Crippen molar-refractivity contribution >= 4 is 17.3 Å². The maximum Gasteiger partial charge on any atom is 0.241 e. The first-order valence-corrected chi connectivity index (χ1v) is 5.45. The number of nitrogen functional groups attached to an aromatic ring is 1. The molecule has 0 saturated carbocycles. The van der Waals surface area contributed by atoms with Crippen LogP contribution in [0.15, 0.2) is 12.1 Å². The van der Waals surface area contributed by atoms with Gasteiger partial charge in [0, 0.05) is 26.2 Å². The average Bonchev–Trinajstić information content (AvgIpc) is 2.36. The first-order valence-electron chi connectivity index (χ1n) is 5.45. The standard InChI is InChI=1S/C12H19N3O3/c1-15(2)12(16)7-14-9-6-11(18-4)10(17-3)5-8(9)13/h5-6,14H,7,13H2,1-4H3. The first-order chi connectivity index (χ1) is 8.49. The van der Waals surface area contributed by atoms with Crippen LogP contribution in [-0.2, 0) is 4.79 Å². The van der Waals surface area contributed by atoms with Crippen LogP contribution in [0.1, 0.15) is 0 Å². The van der Waals surface area contributed by atoms with E-state index in [4.69, 9.17) is 15.2 Å². The van der Waals surface area contributed by atoms with E-state index in [1.54, 1.807) is 40.4 Å². The van der Waals surface area contributed by atoms with E-state index in [0.717, 1.165) is 0 Å². The van der Waals surface area contributed by atoms with Crippen molar-refractivity contribution in [3.05, 3.63) is 12.1 Å². The van der Waals surface area contributed by atoms with Gasteiger partial charge in [0.25, 0.3) is 0 Å². The lowest BCUT2D eigenvalue weighted by Crippen LogP contribution is -2.28. The summed E-state index contributed by atoms with van der Waals surface area (Å²) in [5.74, 6) is 1.08. The molecule has 0 aliphatic carbocycles. The molecule has 0 aliphatic heterocycles. The van der Waals surface area contributed by atoms with Crippen LogP contribution in [0, 0.1) is 0 Å². The number of hydrogen-bond acceptors (Lipinski definition) is 5. The topological polar surface area (TPSA) is 76.8 Å². The number of benzene rings is 1. The Labute approximate surface area is 107 Å². The fourth-order valence-electron chi connectivity index (χ4n) is 1.38. The second kappa shape index (κ2) is 6.00. The van der Waals surface area contributed by atoms with Crippen LogP contribution < -0.4 is 20.5 Å². The van der Waals surface area contributed by atoms with Crippen molar-refractivity contribution in [3.8, 4) is 11.5 Å². The number of rotatable bonds is 5. The molecular weight excluding hydrogens is 234 g/mol. The van der Waals surface area contributed by atoms with Crippen molar-refractivity contribution in [3.63, 3.8) is 0 Å². The minimum atomic E-state index is -0.0378. The summed E-state index contributed by atoms with van der Waals surface area (Å²) in [6, 6.07) is 3.36. The number of likely N-dealkylation sites (N-methyl/N-ethyl adjacent to an activating group) is 1. The molecule has 0 bridgehead atoms. The number of nitrogens with two attached hydrogens (primary N) is 1. The Bertz CT molecular complexity index is 433. The van der Waals surface area contributed by atoms with Gasteiger partial charge in [-0.05, 0) is 0 Å². The Morgan fingerprint density at radius 1 is 1.28 bits per heavy atom. The minimum Gasteiger partial charge on any atom is -0.493 e. The van der Waals surface area contributed by atoms with Crippen molar-refractivity contribution in [2.45, 2.75) is 0 Å². The van der Waals surface area contributed by atoms with Gasteiger partial charge in [-0.3, -0.25) is 4.79 Å². The molecule has 18 heavy (non-hydrogen) atoms. The van der Waals surface area contributed by atoms with Crippen molar-refractivity contribution in [2.75, 3.05) is 45.9 Å². The van der Waals surface area contributed by atoms with Crippen molar-refractivity contribution in [2.24, 2.45) is 0 Å². The van der Waals surface area contributed by atoms with Crippen LogP contribution in [0.3, 0.4) is 0 Å². The van der Waals surface area contributed by atoms with Crippen molar-refractivity contribution in [1.82, 2.24) is 4.90 Å². The van der Waals surface area contributed by atoms with Gasteiger partial charge in [-0.25, -0.2) is 0 Å². The van der Waals surface area contributed by atoms with E-state index >= 15 is 0 Å². The number of nitrogens with zero attached hydrogens (tertiary/aromatic N) is 1. The molecule has 0 aliphatic rings. The summed E-state index contributed by atoms with van der Waals surface area (Å²) < 4.78 is 10.3. The number of hydrogen-bond donors (Lipinski definition) is 2. The monoisotopic (exact) mass is 253 g/mol. The third kappa shape index (κ3) is 3.19. The summed E-state index contributed by atoms with van der Waals surface area (Å²) in [4.78, 5) is 13.0. The molecule has 0 aromatic heterocycles. The Morgan fingerprint density at radius 3 is 2.33 bits per heavy atom. The van der Waals surface area contributed by atoms with Gasteiger partial charge in [0.15, 0.2) is 11.5 Å². The van der Waals surface area contributed by atoms with Crippen LogP contribution in [0.25, 0.3) is 0 Å². The smallest absolute Gasteiger partial charge is 0.241 e. The highest BCUT2D eigenvalue weighted by Crippen LogP contribution is 2.34. The quantitative estimate of drug-likeness (QED) is 0.759. The first kappa shape index (κ1) is 14.0. The zero-order valence-electron chi connectivity index (χ0n) is 11.1. The normalized spacial score (nSPS) is 9.78. The molecule has 0 atom stereocenters. The number of ether oxygens (including phenoxy) is 2. The summed E-state index contributed by atoms with van der Waals surface area (Å²) in [6.07, 6.45) is 0. The van der Waals surface area contributed by atoms with Crippen LogP contribution in [-0.4, -0.2) is 45.7 Å². The van der Waals surface area contributed by atoms with Gasteiger partial charge in [-0.15, -0.1) is 0 Å². The van der Waals surface area contributed by atoms with Gasteiger partial charge in [-0.2, -0.15) is 0 Å². The van der Waals surface area contributed by atoms with Gasteiger partial charge in [0.05, 0.1) is 32.1 Å². The van der Waals surface area contributed by atoms with E-state index in [1.807, 2.05) is 0 Å². The second-order valence-electron chi connectivity index (χ2n) is 3.94. The SMILES string of the molecule is COc1cc(N)c(NCC(=O)N(C)C)cc1OC.